The molecule has 0 bridgehead atoms. The van der Waals surface area contributed by atoms with E-state index < -0.39 is 15.6 Å². The van der Waals surface area contributed by atoms with Crippen LogP contribution >= 0.6 is 11.3 Å². The predicted octanol–water partition coefficient (Wildman–Crippen LogP) is 2.83. The van der Waals surface area contributed by atoms with Gasteiger partial charge in [-0.15, -0.1) is 17.9 Å². The van der Waals surface area contributed by atoms with Gasteiger partial charge < -0.3 is 5.32 Å². The lowest BCUT2D eigenvalue weighted by atomic mass is 10.1. The number of hydrogen-bond donors (Lipinski definition) is 1. The van der Waals surface area contributed by atoms with Crippen molar-refractivity contribution in [1.82, 2.24) is 9.62 Å². The summed E-state index contributed by atoms with van der Waals surface area (Å²) in [5.41, 5.74) is 0.529. The van der Waals surface area contributed by atoms with Gasteiger partial charge in [0.1, 0.15) is 4.21 Å². The molecular weight excluding hydrogens is 292 g/mol. The summed E-state index contributed by atoms with van der Waals surface area (Å²) in [7, 11) is -3.47. The lowest BCUT2D eigenvalue weighted by molar-refractivity contribution is 0.270. The predicted molar refractivity (Wildman–Crippen MR) is 85.5 cm³/mol. The van der Waals surface area contributed by atoms with Crippen molar-refractivity contribution in [2.45, 2.75) is 44.0 Å². The smallest absolute Gasteiger partial charge is 0.253 e. The molecule has 1 aromatic rings. The molecule has 0 fully saturated rings. The molecule has 20 heavy (non-hydrogen) atoms. The summed E-state index contributed by atoms with van der Waals surface area (Å²) in [6, 6.07) is 1.75. The monoisotopic (exact) mass is 316 g/mol. The van der Waals surface area contributed by atoms with Crippen LogP contribution in [0.25, 0.3) is 0 Å². The zero-order chi connectivity index (χ0) is 15.4. The van der Waals surface area contributed by atoms with E-state index in [0.29, 0.717) is 17.3 Å². The first kappa shape index (κ1) is 17.4. The first-order valence-corrected chi connectivity index (χ1v) is 8.97. The molecule has 0 spiro atoms. The van der Waals surface area contributed by atoms with Crippen molar-refractivity contribution in [1.29, 1.82) is 0 Å². The van der Waals surface area contributed by atoms with Crippen LogP contribution in [0.15, 0.2) is 28.3 Å². The fourth-order valence-corrected chi connectivity index (χ4v) is 4.89. The van der Waals surface area contributed by atoms with Gasteiger partial charge >= 0.3 is 0 Å². The molecule has 1 aromatic heterocycles. The van der Waals surface area contributed by atoms with E-state index in [4.69, 9.17) is 0 Å². The van der Waals surface area contributed by atoms with Gasteiger partial charge in [0.2, 0.25) is 0 Å². The lowest BCUT2D eigenvalue weighted by Crippen LogP contribution is -2.45. The Hall–Kier alpha value is -0.690. The molecule has 1 heterocycles. The van der Waals surface area contributed by atoms with Crippen molar-refractivity contribution in [2.24, 2.45) is 0 Å². The number of thiophene rings is 1. The third-order valence-corrected chi connectivity index (χ3v) is 6.39. The molecule has 0 atom stereocenters. The molecule has 6 heteroatoms. The molecule has 0 unspecified atom stereocenters. The van der Waals surface area contributed by atoms with Gasteiger partial charge in [0, 0.05) is 18.6 Å². The number of nitrogens with zero attached hydrogens (tertiary/aromatic N) is 1. The molecule has 0 aliphatic heterocycles. The van der Waals surface area contributed by atoms with Crippen LogP contribution in [0.5, 0.6) is 0 Å². The summed E-state index contributed by atoms with van der Waals surface area (Å²) < 4.78 is 27.3. The van der Waals surface area contributed by atoms with Gasteiger partial charge in [0.15, 0.2) is 0 Å². The molecule has 0 saturated heterocycles. The van der Waals surface area contributed by atoms with Gasteiger partial charge in [-0.3, -0.25) is 0 Å². The van der Waals surface area contributed by atoms with E-state index >= 15 is 0 Å². The van der Waals surface area contributed by atoms with Crippen molar-refractivity contribution in [3.05, 3.63) is 29.7 Å². The van der Waals surface area contributed by atoms with Crippen LogP contribution in [0, 0.1) is 0 Å². The van der Waals surface area contributed by atoms with E-state index in [2.05, 4.69) is 11.9 Å². The van der Waals surface area contributed by atoms with Gasteiger partial charge in [-0.2, -0.15) is 4.31 Å². The van der Waals surface area contributed by atoms with Crippen LogP contribution in [-0.2, 0) is 16.6 Å². The second-order valence-electron chi connectivity index (χ2n) is 5.55. The van der Waals surface area contributed by atoms with Gasteiger partial charge in [-0.25, -0.2) is 8.42 Å². The SMILES string of the molecule is C=CCN(C(C)(C)C)S(=O)(=O)c1cc(CNCC)cs1. The Labute approximate surface area is 126 Å². The molecule has 1 N–H and O–H groups in total. The first-order chi connectivity index (χ1) is 9.23. The van der Waals surface area contributed by atoms with Crippen LogP contribution < -0.4 is 5.32 Å². The van der Waals surface area contributed by atoms with E-state index in [1.54, 1.807) is 12.1 Å². The Balaban J connectivity index is 3.07. The van der Waals surface area contributed by atoms with Crippen LogP contribution in [0.2, 0.25) is 0 Å². The molecule has 4 nitrogen and oxygen atoms in total. The maximum Gasteiger partial charge on any atom is 0.253 e. The maximum absolute atomic E-state index is 12.7. The van der Waals surface area contributed by atoms with Crippen LogP contribution in [-0.4, -0.2) is 31.4 Å². The van der Waals surface area contributed by atoms with E-state index in [9.17, 15) is 8.42 Å². The van der Waals surface area contributed by atoms with E-state index in [1.807, 2.05) is 33.1 Å². The normalized spacial score (nSPS) is 12.8. The Kier molecular flexibility index (Phi) is 5.94. The van der Waals surface area contributed by atoms with Crippen LogP contribution in [0.3, 0.4) is 0 Å². The second kappa shape index (κ2) is 6.85. The number of nitrogens with one attached hydrogen (secondary N) is 1. The van der Waals surface area contributed by atoms with Crippen molar-refractivity contribution >= 4 is 21.4 Å². The second-order valence-corrected chi connectivity index (χ2v) is 8.55. The van der Waals surface area contributed by atoms with E-state index in [1.165, 1.54) is 15.6 Å². The zero-order valence-corrected chi connectivity index (χ0v) is 14.3. The first-order valence-electron chi connectivity index (χ1n) is 6.65. The minimum Gasteiger partial charge on any atom is -0.313 e. The highest BCUT2D eigenvalue weighted by atomic mass is 32.2. The van der Waals surface area contributed by atoms with Gasteiger partial charge in [-0.05, 0) is 44.3 Å². The molecule has 0 aliphatic rings. The van der Waals surface area contributed by atoms with Crippen molar-refractivity contribution in [3.63, 3.8) is 0 Å². The maximum atomic E-state index is 12.7. The van der Waals surface area contributed by atoms with E-state index in [0.717, 1.165) is 12.1 Å². The topological polar surface area (TPSA) is 49.4 Å². The number of hydrogen-bond acceptors (Lipinski definition) is 4. The largest absolute Gasteiger partial charge is 0.313 e. The molecular formula is C14H24N2O2S2. The van der Waals surface area contributed by atoms with E-state index in [-0.39, 0.29) is 0 Å². The molecule has 0 aromatic carbocycles. The Morgan fingerprint density at radius 1 is 1.45 bits per heavy atom. The van der Waals surface area contributed by atoms with Gasteiger partial charge in [-0.1, -0.05) is 13.0 Å². The van der Waals surface area contributed by atoms with Crippen molar-refractivity contribution in [3.8, 4) is 0 Å². The van der Waals surface area contributed by atoms with Crippen molar-refractivity contribution in [2.75, 3.05) is 13.1 Å². The summed E-state index contributed by atoms with van der Waals surface area (Å²) in [6.07, 6.45) is 1.62. The molecule has 0 amide bonds. The summed E-state index contributed by atoms with van der Waals surface area (Å²) >= 11 is 1.27. The summed E-state index contributed by atoms with van der Waals surface area (Å²) in [4.78, 5) is 0. The van der Waals surface area contributed by atoms with Gasteiger partial charge in [0.25, 0.3) is 10.0 Å². The third-order valence-electron chi connectivity index (χ3n) is 2.80. The lowest BCUT2D eigenvalue weighted by Gasteiger charge is -2.33. The van der Waals surface area contributed by atoms with Crippen LogP contribution in [0.1, 0.15) is 33.3 Å². The Morgan fingerprint density at radius 2 is 2.10 bits per heavy atom. The zero-order valence-electron chi connectivity index (χ0n) is 12.6. The summed E-state index contributed by atoms with van der Waals surface area (Å²) in [5.74, 6) is 0. The average molecular weight is 316 g/mol. The quantitative estimate of drug-likeness (QED) is 0.787. The summed E-state index contributed by atoms with van der Waals surface area (Å²) in [6.45, 7) is 13.2. The Morgan fingerprint density at radius 3 is 2.60 bits per heavy atom. The number of rotatable bonds is 7. The standard InChI is InChI=1S/C14H24N2O2S2/c1-6-8-16(14(3,4)5)20(17,18)13-9-12(11-19-13)10-15-7-2/h6,9,11,15H,1,7-8,10H2,2-5H3. The van der Waals surface area contributed by atoms with Gasteiger partial charge in [0.05, 0.1) is 0 Å². The molecule has 0 radical (unpaired) electrons. The highest BCUT2D eigenvalue weighted by Crippen LogP contribution is 2.28. The Bertz CT molecular complexity index is 542. The van der Waals surface area contributed by atoms with Crippen molar-refractivity contribution < 1.29 is 8.42 Å². The summed E-state index contributed by atoms with van der Waals surface area (Å²) in [5, 5.41) is 5.09. The minimum atomic E-state index is -3.47. The fourth-order valence-electron chi connectivity index (χ4n) is 1.81. The fraction of sp³-hybridized carbons (Fsp3) is 0.571. The molecule has 0 aliphatic carbocycles. The molecule has 1 rings (SSSR count). The highest BCUT2D eigenvalue weighted by molar-refractivity contribution is 7.91. The molecule has 0 saturated carbocycles. The highest BCUT2D eigenvalue weighted by Gasteiger charge is 2.33. The average Bonchev–Trinajstić information content (AvgIpc) is 2.81. The third kappa shape index (κ3) is 4.15. The number of sulfonamides is 1. The molecule has 114 valence electrons. The van der Waals surface area contributed by atoms with Crippen LogP contribution in [0.4, 0.5) is 0 Å². The minimum absolute atomic E-state index is 0.312.